The maximum absolute atomic E-state index is 13.0. The maximum atomic E-state index is 13.0. The van der Waals surface area contributed by atoms with Gasteiger partial charge in [0.05, 0.1) is 30.1 Å². The van der Waals surface area contributed by atoms with Gasteiger partial charge in [-0.25, -0.2) is 0 Å². The van der Waals surface area contributed by atoms with Crippen LogP contribution in [-0.4, -0.2) is 45.5 Å². The fourth-order valence-electron chi connectivity index (χ4n) is 3.18. The summed E-state index contributed by atoms with van der Waals surface area (Å²) in [6.07, 6.45) is 0.817. The molecule has 7 heteroatoms. The molecule has 7 nitrogen and oxygen atoms in total. The predicted octanol–water partition coefficient (Wildman–Crippen LogP) is 1.19. The highest BCUT2D eigenvalue weighted by Gasteiger charge is 2.26. The van der Waals surface area contributed by atoms with Crippen molar-refractivity contribution in [3.63, 3.8) is 0 Å². The van der Waals surface area contributed by atoms with Crippen LogP contribution in [0.2, 0.25) is 0 Å². The molecule has 1 amide bonds. The summed E-state index contributed by atoms with van der Waals surface area (Å²) in [5, 5.41) is 13.6. The van der Waals surface area contributed by atoms with Gasteiger partial charge < -0.3 is 19.5 Å². The molecular formula is C17H19N3O4. The number of rotatable bonds is 2. The highest BCUT2D eigenvalue weighted by molar-refractivity contribution is 5.97. The Bertz CT molecular complexity index is 771. The molecule has 0 fully saturated rings. The summed E-state index contributed by atoms with van der Waals surface area (Å²) in [6, 6.07) is 7.26. The topological polar surface area (TPSA) is 76.8 Å². The first kappa shape index (κ1) is 15.0. The lowest BCUT2D eigenvalue weighted by Gasteiger charge is -2.24. The number of aliphatic hydroxyl groups excluding tert-OH is 1. The van der Waals surface area contributed by atoms with E-state index in [1.54, 1.807) is 11.0 Å². The summed E-state index contributed by atoms with van der Waals surface area (Å²) in [7, 11) is 0. The van der Waals surface area contributed by atoms with E-state index in [2.05, 4.69) is 5.10 Å². The van der Waals surface area contributed by atoms with Crippen molar-refractivity contribution in [3.05, 3.63) is 41.2 Å². The Labute approximate surface area is 139 Å². The van der Waals surface area contributed by atoms with Crippen molar-refractivity contribution in [1.29, 1.82) is 0 Å². The molecule has 0 radical (unpaired) electrons. The van der Waals surface area contributed by atoms with Crippen LogP contribution in [0.1, 0.15) is 28.2 Å². The number of hydrogen-bond donors (Lipinski definition) is 1. The van der Waals surface area contributed by atoms with Gasteiger partial charge in [0.1, 0.15) is 13.2 Å². The molecule has 24 heavy (non-hydrogen) atoms. The number of carbonyl (C=O) groups excluding carboxylic acids is 1. The minimum atomic E-state index is -0.0919. The summed E-state index contributed by atoms with van der Waals surface area (Å²) in [6.45, 7) is 2.72. The molecule has 0 saturated carbocycles. The van der Waals surface area contributed by atoms with E-state index in [9.17, 15) is 9.90 Å². The summed E-state index contributed by atoms with van der Waals surface area (Å²) >= 11 is 0. The number of fused-ring (bicyclic) bond motifs is 2. The third-order valence-electron chi connectivity index (χ3n) is 4.31. The van der Waals surface area contributed by atoms with Crippen molar-refractivity contribution in [2.75, 3.05) is 19.8 Å². The number of aryl methyl sites for hydroxylation is 1. The van der Waals surface area contributed by atoms with Gasteiger partial charge in [0, 0.05) is 13.1 Å². The molecule has 1 aromatic heterocycles. The first-order valence-electron chi connectivity index (χ1n) is 8.10. The van der Waals surface area contributed by atoms with E-state index in [1.807, 2.05) is 22.9 Å². The second-order valence-electron chi connectivity index (χ2n) is 5.92. The molecule has 4 rings (SSSR count). The molecule has 0 aliphatic carbocycles. The summed E-state index contributed by atoms with van der Waals surface area (Å²) in [5.41, 5.74) is 2.10. The maximum Gasteiger partial charge on any atom is 0.258 e. The lowest BCUT2D eigenvalue weighted by atomic mass is 10.1. The largest absolute Gasteiger partial charge is 0.486 e. The van der Waals surface area contributed by atoms with E-state index in [-0.39, 0.29) is 12.5 Å². The second kappa shape index (κ2) is 6.16. The van der Waals surface area contributed by atoms with Gasteiger partial charge in [0.2, 0.25) is 0 Å². The fraction of sp³-hybridized carbons (Fsp3) is 0.412. The Kier molecular flexibility index (Phi) is 3.86. The van der Waals surface area contributed by atoms with Crippen LogP contribution in [0.15, 0.2) is 24.3 Å². The average Bonchev–Trinajstić information content (AvgIpc) is 2.91. The van der Waals surface area contributed by atoms with Crippen LogP contribution in [-0.2, 0) is 19.7 Å². The number of aromatic nitrogens is 2. The zero-order valence-electron chi connectivity index (χ0n) is 13.3. The van der Waals surface area contributed by atoms with Crippen LogP contribution >= 0.6 is 0 Å². The molecule has 0 saturated heterocycles. The van der Waals surface area contributed by atoms with E-state index < -0.39 is 0 Å². The van der Waals surface area contributed by atoms with Crippen molar-refractivity contribution in [2.24, 2.45) is 0 Å². The van der Waals surface area contributed by atoms with Gasteiger partial charge in [0.25, 0.3) is 5.91 Å². The van der Waals surface area contributed by atoms with Gasteiger partial charge >= 0.3 is 0 Å². The zero-order valence-corrected chi connectivity index (χ0v) is 13.3. The number of ether oxygens (including phenoxy) is 2. The van der Waals surface area contributed by atoms with Crippen molar-refractivity contribution in [1.82, 2.24) is 14.7 Å². The lowest BCUT2D eigenvalue weighted by Crippen LogP contribution is -2.31. The minimum Gasteiger partial charge on any atom is -0.486 e. The molecule has 1 aromatic carbocycles. The van der Waals surface area contributed by atoms with Gasteiger partial charge in [-0.15, -0.1) is 0 Å². The molecule has 0 spiro atoms. The van der Waals surface area contributed by atoms with Crippen LogP contribution in [0, 0.1) is 0 Å². The van der Waals surface area contributed by atoms with Crippen molar-refractivity contribution in [2.45, 2.75) is 26.1 Å². The number of carbonyl (C=O) groups is 1. The van der Waals surface area contributed by atoms with Gasteiger partial charge in [-0.1, -0.05) is 6.07 Å². The van der Waals surface area contributed by atoms with Gasteiger partial charge in [-0.2, -0.15) is 5.10 Å². The van der Waals surface area contributed by atoms with Crippen molar-refractivity contribution >= 4 is 5.91 Å². The normalized spacial score (nSPS) is 16.5. The van der Waals surface area contributed by atoms with Crippen LogP contribution in [0.4, 0.5) is 0 Å². The van der Waals surface area contributed by atoms with Gasteiger partial charge in [0.15, 0.2) is 11.5 Å². The van der Waals surface area contributed by atoms with Gasteiger partial charge in [-0.3, -0.25) is 9.48 Å². The monoisotopic (exact) mass is 329 g/mol. The number of para-hydroxylation sites is 1. The zero-order chi connectivity index (χ0) is 16.5. The molecule has 1 N–H and O–H groups in total. The molecule has 0 bridgehead atoms. The first-order chi connectivity index (χ1) is 11.8. The lowest BCUT2D eigenvalue weighted by molar-refractivity contribution is 0.0735. The fourth-order valence-corrected chi connectivity index (χ4v) is 3.18. The van der Waals surface area contributed by atoms with E-state index in [0.717, 1.165) is 18.7 Å². The molecule has 0 atom stereocenters. The Balaban J connectivity index is 1.63. The predicted molar refractivity (Wildman–Crippen MR) is 84.9 cm³/mol. The highest BCUT2D eigenvalue weighted by atomic mass is 16.6. The highest BCUT2D eigenvalue weighted by Crippen LogP contribution is 2.34. The second-order valence-corrected chi connectivity index (χ2v) is 5.92. The van der Waals surface area contributed by atoms with E-state index in [4.69, 9.17) is 9.47 Å². The van der Waals surface area contributed by atoms with E-state index in [1.165, 1.54) is 0 Å². The molecule has 2 aliphatic rings. The number of benzene rings is 1. The molecule has 2 aliphatic heterocycles. The summed E-state index contributed by atoms with van der Waals surface area (Å²) < 4.78 is 13.1. The molecule has 126 valence electrons. The quantitative estimate of drug-likeness (QED) is 0.896. The Morgan fingerprint density at radius 3 is 3.00 bits per heavy atom. The van der Waals surface area contributed by atoms with E-state index >= 15 is 0 Å². The Morgan fingerprint density at radius 1 is 1.25 bits per heavy atom. The smallest absolute Gasteiger partial charge is 0.258 e. The molecule has 2 aromatic rings. The van der Waals surface area contributed by atoms with Crippen LogP contribution in [0.3, 0.4) is 0 Å². The summed E-state index contributed by atoms with van der Waals surface area (Å²) in [4.78, 5) is 14.8. The molecular weight excluding hydrogens is 310 g/mol. The summed E-state index contributed by atoms with van der Waals surface area (Å²) in [5.74, 6) is 1.08. The minimum absolute atomic E-state index is 0.0717. The van der Waals surface area contributed by atoms with Crippen LogP contribution < -0.4 is 9.47 Å². The first-order valence-corrected chi connectivity index (χ1v) is 8.10. The number of hydrogen-bond acceptors (Lipinski definition) is 5. The number of amides is 1. The number of nitrogens with zero attached hydrogens (tertiary/aromatic N) is 3. The Morgan fingerprint density at radius 2 is 2.12 bits per heavy atom. The average molecular weight is 329 g/mol. The number of aliphatic hydroxyl groups is 1. The molecule has 3 heterocycles. The Hall–Kier alpha value is -2.54. The van der Waals surface area contributed by atoms with Gasteiger partial charge in [-0.05, 0) is 24.6 Å². The van der Waals surface area contributed by atoms with Crippen LogP contribution in [0.25, 0.3) is 0 Å². The standard InChI is InChI=1S/C17H19N3O4/c21-11-12-9-13-10-19(5-2-6-20(13)18-12)17(22)14-3-1-4-15-16(14)24-8-7-23-15/h1,3-4,9,21H,2,5-8,10-11H2. The third-order valence-corrected chi connectivity index (χ3v) is 4.31. The van der Waals surface area contributed by atoms with Crippen molar-refractivity contribution in [3.8, 4) is 11.5 Å². The third kappa shape index (κ3) is 2.60. The SMILES string of the molecule is O=C(c1cccc2c1OCCO2)N1CCCn2nc(CO)cc2C1. The van der Waals surface area contributed by atoms with Crippen LogP contribution in [0.5, 0.6) is 11.5 Å². The van der Waals surface area contributed by atoms with E-state index in [0.29, 0.717) is 49.1 Å². The molecule has 0 unspecified atom stereocenters. The van der Waals surface area contributed by atoms with Crippen molar-refractivity contribution < 1.29 is 19.4 Å².